The zero-order chi connectivity index (χ0) is 8.15. The molecule has 0 aromatic heterocycles. The van der Waals surface area contributed by atoms with Crippen LogP contribution in [-0.2, 0) is 4.79 Å². The minimum absolute atomic E-state index is 0.186. The van der Waals surface area contributed by atoms with E-state index in [4.69, 9.17) is 0 Å². The third-order valence-electron chi connectivity index (χ3n) is 1.42. The molecular weight excluding hydrogens is 126 g/mol. The molecule has 10 heavy (non-hydrogen) atoms. The Morgan fingerprint density at radius 1 is 1.50 bits per heavy atom. The number of carbonyl (C=O) groups is 1. The van der Waals surface area contributed by atoms with Gasteiger partial charge in [-0.1, -0.05) is 6.92 Å². The van der Waals surface area contributed by atoms with Crippen LogP contribution in [-0.4, -0.2) is 24.8 Å². The van der Waals surface area contributed by atoms with Gasteiger partial charge in [-0.2, -0.15) is 0 Å². The van der Waals surface area contributed by atoms with E-state index in [1.807, 2.05) is 32.8 Å². The monoisotopic (exact) mass is 141 g/mol. The standard InChI is InChI=1S/C8H15NO/c1-5-8(10)6-7(2)9(3)4/h6H,5H2,1-4H3/b7-6-. The van der Waals surface area contributed by atoms with Crippen molar-refractivity contribution >= 4 is 5.78 Å². The van der Waals surface area contributed by atoms with E-state index in [1.54, 1.807) is 6.08 Å². The SMILES string of the molecule is CCC(=O)/C=C(/C)N(C)C. The fraction of sp³-hybridized carbons (Fsp3) is 0.625. The van der Waals surface area contributed by atoms with Crippen molar-refractivity contribution in [3.8, 4) is 0 Å². The van der Waals surface area contributed by atoms with Gasteiger partial charge in [0.2, 0.25) is 0 Å². The maximum atomic E-state index is 10.8. The summed E-state index contributed by atoms with van der Waals surface area (Å²) in [5.41, 5.74) is 1.01. The van der Waals surface area contributed by atoms with E-state index in [9.17, 15) is 4.79 Å². The van der Waals surface area contributed by atoms with Crippen molar-refractivity contribution < 1.29 is 4.79 Å². The Balaban J connectivity index is 4.03. The largest absolute Gasteiger partial charge is 0.381 e. The van der Waals surface area contributed by atoms with Crippen LogP contribution in [0.2, 0.25) is 0 Å². The molecule has 58 valence electrons. The fourth-order valence-corrected chi connectivity index (χ4v) is 0.464. The van der Waals surface area contributed by atoms with E-state index in [-0.39, 0.29) is 5.78 Å². The van der Waals surface area contributed by atoms with Gasteiger partial charge < -0.3 is 4.90 Å². The summed E-state index contributed by atoms with van der Waals surface area (Å²) in [6, 6.07) is 0. The summed E-state index contributed by atoms with van der Waals surface area (Å²) in [5.74, 6) is 0.186. The molecular formula is C8H15NO. The van der Waals surface area contributed by atoms with E-state index >= 15 is 0 Å². The Morgan fingerprint density at radius 3 is 2.30 bits per heavy atom. The van der Waals surface area contributed by atoms with Gasteiger partial charge in [0.25, 0.3) is 0 Å². The first-order valence-corrected chi connectivity index (χ1v) is 3.46. The maximum absolute atomic E-state index is 10.8. The lowest BCUT2D eigenvalue weighted by atomic mass is 10.2. The smallest absolute Gasteiger partial charge is 0.157 e. The van der Waals surface area contributed by atoms with Crippen LogP contribution in [0.15, 0.2) is 11.8 Å². The van der Waals surface area contributed by atoms with Crippen molar-refractivity contribution in [1.29, 1.82) is 0 Å². The number of rotatable bonds is 3. The molecule has 0 rings (SSSR count). The lowest BCUT2D eigenvalue weighted by molar-refractivity contribution is -0.114. The Morgan fingerprint density at radius 2 is 2.00 bits per heavy atom. The van der Waals surface area contributed by atoms with Gasteiger partial charge in [0, 0.05) is 26.2 Å². The average Bonchev–Trinajstić information content (AvgIpc) is 1.87. The molecule has 2 heteroatoms. The molecule has 0 bridgehead atoms. The van der Waals surface area contributed by atoms with E-state index in [1.165, 1.54) is 0 Å². The predicted octanol–water partition coefficient (Wildman–Crippen LogP) is 1.43. The van der Waals surface area contributed by atoms with E-state index < -0.39 is 0 Å². The summed E-state index contributed by atoms with van der Waals surface area (Å²) in [5, 5.41) is 0. The highest BCUT2D eigenvalue weighted by Gasteiger charge is 1.95. The molecule has 0 N–H and O–H groups in total. The van der Waals surface area contributed by atoms with Crippen LogP contribution >= 0.6 is 0 Å². The van der Waals surface area contributed by atoms with E-state index in [0.717, 1.165) is 5.70 Å². The van der Waals surface area contributed by atoms with Gasteiger partial charge in [-0.25, -0.2) is 0 Å². The van der Waals surface area contributed by atoms with Crippen molar-refractivity contribution in [3.05, 3.63) is 11.8 Å². The fourth-order valence-electron chi connectivity index (χ4n) is 0.464. The summed E-state index contributed by atoms with van der Waals surface area (Å²) in [4.78, 5) is 12.7. The molecule has 0 atom stereocenters. The molecule has 0 saturated heterocycles. The Bertz CT molecular complexity index is 147. The molecule has 0 aliphatic heterocycles. The summed E-state index contributed by atoms with van der Waals surface area (Å²) < 4.78 is 0. The molecule has 0 radical (unpaired) electrons. The highest BCUT2D eigenvalue weighted by Crippen LogP contribution is 1.96. The number of hydrogen-bond donors (Lipinski definition) is 0. The van der Waals surface area contributed by atoms with Crippen molar-refractivity contribution in [2.24, 2.45) is 0 Å². The van der Waals surface area contributed by atoms with Crippen LogP contribution in [0.25, 0.3) is 0 Å². The van der Waals surface area contributed by atoms with Crippen LogP contribution < -0.4 is 0 Å². The summed E-state index contributed by atoms with van der Waals surface area (Å²) in [7, 11) is 3.85. The second kappa shape index (κ2) is 4.09. The molecule has 0 aliphatic rings. The van der Waals surface area contributed by atoms with Crippen LogP contribution in [0, 0.1) is 0 Å². The minimum atomic E-state index is 0.186. The molecule has 0 aliphatic carbocycles. The normalized spacial score (nSPS) is 11.4. The third-order valence-corrected chi connectivity index (χ3v) is 1.42. The molecule has 0 spiro atoms. The topological polar surface area (TPSA) is 20.3 Å². The number of allylic oxidation sites excluding steroid dienone is 2. The molecule has 0 aromatic rings. The molecule has 0 amide bonds. The van der Waals surface area contributed by atoms with E-state index in [2.05, 4.69) is 0 Å². The quantitative estimate of drug-likeness (QED) is 0.554. The second-order valence-electron chi connectivity index (χ2n) is 2.50. The maximum Gasteiger partial charge on any atom is 0.157 e. The Labute approximate surface area is 62.5 Å². The van der Waals surface area contributed by atoms with Crippen molar-refractivity contribution in [3.63, 3.8) is 0 Å². The van der Waals surface area contributed by atoms with Crippen molar-refractivity contribution in [2.75, 3.05) is 14.1 Å². The van der Waals surface area contributed by atoms with E-state index in [0.29, 0.717) is 6.42 Å². The molecule has 0 saturated carbocycles. The Kier molecular flexibility index (Phi) is 3.77. The summed E-state index contributed by atoms with van der Waals surface area (Å²) in [6.45, 7) is 3.79. The molecule has 0 unspecified atom stereocenters. The van der Waals surface area contributed by atoms with Gasteiger partial charge in [-0.3, -0.25) is 4.79 Å². The Hall–Kier alpha value is -0.790. The minimum Gasteiger partial charge on any atom is -0.381 e. The van der Waals surface area contributed by atoms with Gasteiger partial charge >= 0.3 is 0 Å². The first kappa shape index (κ1) is 9.21. The van der Waals surface area contributed by atoms with Crippen LogP contribution in [0.3, 0.4) is 0 Å². The number of carbonyl (C=O) groups excluding carboxylic acids is 1. The summed E-state index contributed by atoms with van der Waals surface area (Å²) >= 11 is 0. The highest BCUT2D eigenvalue weighted by atomic mass is 16.1. The van der Waals surface area contributed by atoms with Crippen LogP contribution in [0.5, 0.6) is 0 Å². The average molecular weight is 141 g/mol. The zero-order valence-corrected chi connectivity index (χ0v) is 7.14. The molecule has 0 heterocycles. The first-order valence-electron chi connectivity index (χ1n) is 3.46. The zero-order valence-electron chi connectivity index (χ0n) is 7.14. The van der Waals surface area contributed by atoms with Gasteiger partial charge in [-0.15, -0.1) is 0 Å². The molecule has 0 fully saturated rings. The lowest BCUT2D eigenvalue weighted by Gasteiger charge is -2.11. The molecule has 2 nitrogen and oxygen atoms in total. The third kappa shape index (κ3) is 3.28. The van der Waals surface area contributed by atoms with Crippen LogP contribution in [0.4, 0.5) is 0 Å². The molecule has 0 aromatic carbocycles. The highest BCUT2D eigenvalue weighted by molar-refractivity contribution is 5.89. The number of nitrogens with zero attached hydrogens (tertiary/aromatic N) is 1. The van der Waals surface area contributed by atoms with Crippen LogP contribution in [0.1, 0.15) is 20.3 Å². The van der Waals surface area contributed by atoms with Crippen molar-refractivity contribution in [2.45, 2.75) is 20.3 Å². The summed E-state index contributed by atoms with van der Waals surface area (Å²) in [6.07, 6.45) is 2.26. The van der Waals surface area contributed by atoms with Crippen molar-refractivity contribution in [1.82, 2.24) is 4.90 Å². The number of hydrogen-bond acceptors (Lipinski definition) is 2. The predicted molar refractivity (Wildman–Crippen MR) is 42.7 cm³/mol. The van der Waals surface area contributed by atoms with Gasteiger partial charge in [0.15, 0.2) is 5.78 Å². The van der Waals surface area contributed by atoms with Gasteiger partial charge in [0.05, 0.1) is 0 Å². The lowest BCUT2D eigenvalue weighted by Crippen LogP contribution is -2.09. The number of ketones is 1. The second-order valence-corrected chi connectivity index (χ2v) is 2.50. The van der Waals surface area contributed by atoms with Gasteiger partial charge in [-0.05, 0) is 13.0 Å². The first-order chi connectivity index (χ1) is 4.57. The van der Waals surface area contributed by atoms with Gasteiger partial charge in [0.1, 0.15) is 0 Å².